The maximum atomic E-state index is 12.6. The van der Waals surface area contributed by atoms with E-state index in [9.17, 15) is 9.59 Å². The van der Waals surface area contributed by atoms with Crippen molar-refractivity contribution in [2.75, 3.05) is 39.8 Å². The van der Waals surface area contributed by atoms with Crippen molar-refractivity contribution in [1.29, 1.82) is 0 Å². The SMILES string of the molecule is COc1cccc(C(=O)N2CCN(CC(=O)c3cccs3)CC2)c1. The molecule has 0 N–H and O–H groups in total. The lowest BCUT2D eigenvalue weighted by atomic mass is 10.1. The molecule has 3 rings (SSSR count). The molecule has 0 atom stereocenters. The van der Waals surface area contributed by atoms with Crippen LogP contribution in [0.5, 0.6) is 5.75 Å². The third kappa shape index (κ3) is 3.83. The van der Waals surface area contributed by atoms with Crippen LogP contribution in [0.25, 0.3) is 0 Å². The molecule has 1 aliphatic heterocycles. The van der Waals surface area contributed by atoms with Crippen molar-refractivity contribution in [2.45, 2.75) is 0 Å². The molecule has 1 aromatic carbocycles. The number of benzene rings is 1. The quantitative estimate of drug-likeness (QED) is 0.782. The number of carbonyl (C=O) groups excluding carboxylic acids is 2. The average Bonchev–Trinajstić information content (AvgIpc) is 3.16. The normalized spacial score (nSPS) is 15.3. The summed E-state index contributed by atoms with van der Waals surface area (Å²) < 4.78 is 5.17. The fourth-order valence-corrected chi connectivity index (χ4v) is 3.42. The second-order valence-corrected chi connectivity index (χ2v) is 6.65. The predicted octanol–water partition coefficient (Wildman–Crippen LogP) is 2.40. The Morgan fingerprint density at radius 3 is 2.58 bits per heavy atom. The third-order valence-corrected chi connectivity index (χ3v) is 5.05. The first-order chi connectivity index (χ1) is 11.7. The Hall–Kier alpha value is -2.18. The van der Waals surface area contributed by atoms with E-state index in [0.717, 1.165) is 4.88 Å². The van der Waals surface area contributed by atoms with E-state index < -0.39 is 0 Å². The number of methoxy groups -OCH3 is 1. The van der Waals surface area contributed by atoms with Gasteiger partial charge in [0.2, 0.25) is 0 Å². The van der Waals surface area contributed by atoms with Crippen molar-refractivity contribution in [3.05, 3.63) is 52.2 Å². The van der Waals surface area contributed by atoms with Crippen LogP contribution >= 0.6 is 11.3 Å². The Balaban J connectivity index is 1.54. The lowest BCUT2D eigenvalue weighted by Crippen LogP contribution is -2.49. The van der Waals surface area contributed by atoms with Gasteiger partial charge in [0, 0.05) is 31.7 Å². The molecule has 2 aromatic rings. The largest absolute Gasteiger partial charge is 0.497 e. The van der Waals surface area contributed by atoms with Crippen LogP contribution in [0.15, 0.2) is 41.8 Å². The maximum absolute atomic E-state index is 12.6. The second-order valence-electron chi connectivity index (χ2n) is 5.70. The van der Waals surface area contributed by atoms with E-state index >= 15 is 0 Å². The van der Waals surface area contributed by atoms with Gasteiger partial charge in [-0.25, -0.2) is 0 Å². The van der Waals surface area contributed by atoms with Gasteiger partial charge in [0.25, 0.3) is 5.91 Å². The van der Waals surface area contributed by atoms with Crippen LogP contribution in [0.3, 0.4) is 0 Å². The van der Waals surface area contributed by atoms with Crippen LogP contribution < -0.4 is 4.74 Å². The van der Waals surface area contributed by atoms with Crippen LogP contribution in [-0.4, -0.2) is 61.3 Å². The van der Waals surface area contributed by atoms with Crippen molar-refractivity contribution in [1.82, 2.24) is 9.80 Å². The summed E-state index contributed by atoms with van der Waals surface area (Å²) in [4.78, 5) is 29.5. The first kappa shape index (κ1) is 16.7. The number of ether oxygens (including phenoxy) is 1. The molecule has 1 aliphatic rings. The molecular formula is C18H20N2O3S. The molecule has 2 heterocycles. The Bertz CT molecular complexity index is 707. The molecular weight excluding hydrogens is 324 g/mol. The number of hydrogen-bond acceptors (Lipinski definition) is 5. The number of thiophene rings is 1. The van der Waals surface area contributed by atoms with Crippen molar-refractivity contribution < 1.29 is 14.3 Å². The second kappa shape index (κ2) is 7.59. The van der Waals surface area contributed by atoms with E-state index in [4.69, 9.17) is 4.74 Å². The Morgan fingerprint density at radius 2 is 1.92 bits per heavy atom. The van der Waals surface area contributed by atoms with Gasteiger partial charge in [0.05, 0.1) is 18.5 Å². The van der Waals surface area contributed by atoms with E-state index in [0.29, 0.717) is 44.0 Å². The zero-order valence-electron chi connectivity index (χ0n) is 13.6. The summed E-state index contributed by atoms with van der Waals surface area (Å²) in [6, 6.07) is 11.0. The molecule has 126 valence electrons. The number of ketones is 1. The van der Waals surface area contributed by atoms with Crippen molar-refractivity contribution in [3.8, 4) is 5.75 Å². The van der Waals surface area contributed by atoms with Gasteiger partial charge in [-0.1, -0.05) is 12.1 Å². The van der Waals surface area contributed by atoms with Crippen LogP contribution in [-0.2, 0) is 0 Å². The lowest BCUT2D eigenvalue weighted by Gasteiger charge is -2.34. The van der Waals surface area contributed by atoms with Gasteiger partial charge in [0.15, 0.2) is 5.78 Å². The lowest BCUT2D eigenvalue weighted by molar-refractivity contribution is 0.0624. The summed E-state index contributed by atoms with van der Waals surface area (Å²) in [5.41, 5.74) is 0.637. The Kier molecular flexibility index (Phi) is 5.27. The van der Waals surface area contributed by atoms with E-state index in [1.165, 1.54) is 11.3 Å². The van der Waals surface area contributed by atoms with Crippen LogP contribution in [0.1, 0.15) is 20.0 Å². The van der Waals surface area contributed by atoms with Gasteiger partial charge in [-0.3, -0.25) is 14.5 Å². The number of carbonyl (C=O) groups is 2. The van der Waals surface area contributed by atoms with Gasteiger partial charge in [-0.2, -0.15) is 0 Å². The highest BCUT2D eigenvalue weighted by molar-refractivity contribution is 7.12. The van der Waals surface area contributed by atoms with Gasteiger partial charge < -0.3 is 9.64 Å². The number of Topliss-reactive ketones (excluding diaryl/α,β-unsaturated/α-hetero) is 1. The van der Waals surface area contributed by atoms with E-state index in [1.54, 1.807) is 19.2 Å². The molecule has 1 saturated heterocycles. The average molecular weight is 344 g/mol. The topological polar surface area (TPSA) is 49.9 Å². The fraction of sp³-hybridized carbons (Fsp3) is 0.333. The number of rotatable bonds is 5. The van der Waals surface area contributed by atoms with Crippen LogP contribution in [0.2, 0.25) is 0 Å². The zero-order chi connectivity index (χ0) is 16.9. The molecule has 6 heteroatoms. The van der Waals surface area contributed by atoms with E-state index in [1.807, 2.05) is 34.5 Å². The monoisotopic (exact) mass is 344 g/mol. The number of piperazine rings is 1. The number of amides is 1. The van der Waals surface area contributed by atoms with Gasteiger partial charge in [0.1, 0.15) is 5.75 Å². The minimum Gasteiger partial charge on any atom is -0.497 e. The molecule has 0 spiro atoms. The molecule has 5 nitrogen and oxygen atoms in total. The van der Waals surface area contributed by atoms with Crippen LogP contribution in [0, 0.1) is 0 Å². The Morgan fingerprint density at radius 1 is 1.12 bits per heavy atom. The highest BCUT2D eigenvalue weighted by Gasteiger charge is 2.24. The van der Waals surface area contributed by atoms with Gasteiger partial charge in [-0.15, -0.1) is 11.3 Å². The molecule has 1 amide bonds. The number of nitrogens with zero attached hydrogens (tertiary/aromatic N) is 2. The third-order valence-electron chi connectivity index (χ3n) is 4.14. The fourth-order valence-electron chi connectivity index (χ4n) is 2.77. The highest BCUT2D eigenvalue weighted by atomic mass is 32.1. The molecule has 0 unspecified atom stereocenters. The Labute approximate surface area is 145 Å². The van der Waals surface area contributed by atoms with E-state index in [-0.39, 0.29) is 11.7 Å². The molecule has 0 saturated carbocycles. The molecule has 0 bridgehead atoms. The highest BCUT2D eigenvalue weighted by Crippen LogP contribution is 2.16. The summed E-state index contributed by atoms with van der Waals surface area (Å²) in [6.45, 7) is 3.11. The molecule has 24 heavy (non-hydrogen) atoms. The van der Waals surface area contributed by atoms with Gasteiger partial charge >= 0.3 is 0 Å². The smallest absolute Gasteiger partial charge is 0.254 e. The van der Waals surface area contributed by atoms with Crippen molar-refractivity contribution in [2.24, 2.45) is 0 Å². The first-order valence-electron chi connectivity index (χ1n) is 7.90. The minimum atomic E-state index is 0.0122. The van der Waals surface area contributed by atoms with Crippen LogP contribution in [0.4, 0.5) is 0 Å². The summed E-state index contributed by atoms with van der Waals surface area (Å²) >= 11 is 1.47. The molecule has 1 fully saturated rings. The first-order valence-corrected chi connectivity index (χ1v) is 8.78. The zero-order valence-corrected chi connectivity index (χ0v) is 14.4. The summed E-state index contributed by atoms with van der Waals surface area (Å²) in [7, 11) is 1.59. The van der Waals surface area contributed by atoms with Gasteiger partial charge in [-0.05, 0) is 29.6 Å². The maximum Gasteiger partial charge on any atom is 0.254 e. The molecule has 1 aromatic heterocycles. The number of hydrogen-bond donors (Lipinski definition) is 0. The molecule has 0 aliphatic carbocycles. The summed E-state index contributed by atoms with van der Waals surface area (Å²) in [5, 5.41) is 1.91. The standard InChI is InChI=1S/C18H20N2O3S/c1-23-15-5-2-4-14(12-15)18(22)20-9-7-19(8-10-20)13-16(21)17-6-3-11-24-17/h2-6,11-12H,7-10,13H2,1H3. The predicted molar refractivity (Wildman–Crippen MR) is 94.0 cm³/mol. The minimum absolute atomic E-state index is 0.0122. The van der Waals surface area contributed by atoms with E-state index in [2.05, 4.69) is 4.90 Å². The van der Waals surface area contributed by atoms with Crippen molar-refractivity contribution in [3.63, 3.8) is 0 Å². The summed E-state index contributed by atoms with van der Waals surface area (Å²) in [5.74, 6) is 0.844. The summed E-state index contributed by atoms with van der Waals surface area (Å²) in [6.07, 6.45) is 0. The van der Waals surface area contributed by atoms with Crippen molar-refractivity contribution >= 4 is 23.0 Å². The molecule has 0 radical (unpaired) electrons.